The summed E-state index contributed by atoms with van der Waals surface area (Å²) in [6.07, 6.45) is 3.84. The van der Waals surface area contributed by atoms with Gasteiger partial charge in [0.15, 0.2) is 0 Å². The first kappa shape index (κ1) is 22.1. The van der Waals surface area contributed by atoms with E-state index in [0.717, 1.165) is 69.7 Å². The van der Waals surface area contributed by atoms with E-state index in [0.29, 0.717) is 12.5 Å². The SMILES string of the molecule is CCOC(=O)N1CCC(CN2CCC[C@@H](N3C(=O)[C@@](C)(CO)c4ccccc43)C2)CC1. The van der Waals surface area contributed by atoms with Gasteiger partial charge in [-0.25, -0.2) is 4.79 Å². The highest BCUT2D eigenvalue weighted by Crippen LogP contribution is 2.43. The summed E-state index contributed by atoms with van der Waals surface area (Å²) >= 11 is 0. The summed E-state index contributed by atoms with van der Waals surface area (Å²) in [5.74, 6) is 0.583. The smallest absolute Gasteiger partial charge is 0.409 e. The third kappa shape index (κ3) is 4.17. The van der Waals surface area contributed by atoms with Crippen LogP contribution in [0.25, 0.3) is 0 Å². The lowest BCUT2D eigenvalue weighted by Gasteiger charge is -2.41. The van der Waals surface area contributed by atoms with E-state index in [2.05, 4.69) is 4.90 Å². The van der Waals surface area contributed by atoms with Gasteiger partial charge < -0.3 is 24.5 Å². The third-order valence-electron chi connectivity index (χ3n) is 7.27. The minimum absolute atomic E-state index is 0.0193. The lowest BCUT2D eigenvalue weighted by atomic mass is 9.85. The second-order valence-electron chi connectivity index (χ2n) is 9.37. The summed E-state index contributed by atoms with van der Waals surface area (Å²) in [6.45, 7) is 8.37. The molecule has 7 heteroatoms. The van der Waals surface area contributed by atoms with Crippen molar-refractivity contribution in [1.29, 1.82) is 0 Å². The van der Waals surface area contributed by atoms with Crippen LogP contribution in [-0.2, 0) is 14.9 Å². The number of aliphatic hydroxyl groups is 1. The van der Waals surface area contributed by atoms with Crippen molar-refractivity contribution < 1.29 is 19.4 Å². The zero-order valence-corrected chi connectivity index (χ0v) is 18.8. The van der Waals surface area contributed by atoms with E-state index >= 15 is 0 Å². The zero-order valence-electron chi connectivity index (χ0n) is 18.8. The minimum atomic E-state index is -0.848. The number of piperidine rings is 2. The number of hydrogen-bond donors (Lipinski definition) is 1. The molecule has 170 valence electrons. The Morgan fingerprint density at radius 2 is 1.94 bits per heavy atom. The third-order valence-corrected chi connectivity index (χ3v) is 7.27. The van der Waals surface area contributed by atoms with Crippen molar-refractivity contribution in [2.45, 2.75) is 51.0 Å². The number of fused-ring (bicyclic) bond motifs is 1. The predicted octanol–water partition coefficient (Wildman–Crippen LogP) is 2.62. The Kier molecular flexibility index (Phi) is 6.53. The summed E-state index contributed by atoms with van der Waals surface area (Å²) in [7, 11) is 0. The normalized spacial score (nSPS) is 27.5. The first-order valence-corrected chi connectivity index (χ1v) is 11.7. The molecule has 0 unspecified atom stereocenters. The number of para-hydroxylation sites is 1. The lowest BCUT2D eigenvalue weighted by molar-refractivity contribution is -0.124. The van der Waals surface area contributed by atoms with Crippen molar-refractivity contribution in [2.75, 3.05) is 50.8 Å². The molecular formula is C24H35N3O4. The van der Waals surface area contributed by atoms with Gasteiger partial charge in [-0.1, -0.05) is 18.2 Å². The van der Waals surface area contributed by atoms with Crippen molar-refractivity contribution in [3.63, 3.8) is 0 Å². The summed E-state index contributed by atoms with van der Waals surface area (Å²) in [6, 6.07) is 8.04. The van der Waals surface area contributed by atoms with E-state index in [1.165, 1.54) is 0 Å². The highest BCUT2D eigenvalue weighted by Gasteiger charge is 2.49. The zero-order chi connectivity index (χ0) is 22.0. The summed E-state index contributed by atoms with van der Waals surface area (Å²) in [5.41, 5.74) is 1.04. The maximum atomic E-state index is 13.4. The highest BCUT2D eigenvalue weighted by atomic mass is 16.6. The first-order chi connectivity index (χ1) is 15.0. The molecule has 0 saturated carbocycles. The first-order valence-electron chi connectivity index (χ1n) is 11.7. The second kappa shape index (κ2) is 9.17. The Balaban J connectivity index is 1.39. The number of carbonyl (C=O) groups is 2. The van der Waals surface area contributed by atoms with Gasteiger partial charge in [-0.15, -0.1) is 0 Å². The van der Waals surface area contributed by atoms with Crippen molar-refractivity contribution >= 4 is 17.7 Å². The van der Waals surface area contributed by atoms with Crippen molar-refractivity contribution in [3.8, 4) is 0 Å². The van der Waals surface area contributed by atoms with Crippen LogP contribution in [0.5, 0.6) is 0 Å². The number of benzene rings is 1. The number of rotatable bonds is 5. The van der Waals surface area contributed by atoms with E-state index in [9.17, 15) is 14.7 Å². The molecule has 2 fully saturated rings. The molecule has 1 aromatic rings. The molecule has 3 aliphatic rings. The predicted molar refractivity (Wildman–Crippen MR) is 119 cm³/mol. The Labute approximate surface area is 184 Å². The molecule has 7 nitrogen and oxygen atoms in total. The van der Waals surface area contributed by atoms with Crippen molar-refractivity contribution in [1.82, 2.24) is 9.80 Å². The maximum Gasteiger partial charge on any atom is 0.409 e. The van der Waals surface area contributed by atoms with E-state index in [1.54, 1.807) is 0 Å². The number of likely N-dealkylation sites (tertiary alicyclic amines) is 2. The molecule has 1 aromatic carbocycles. The van der Waals surface area contributed by atoms with Crippen LogP contribution in [0, 0.1) is 5.92 Å². The van der Waals surface area contributed by atoms with E-state index in [1.807, 2.05) is 47.9 Å². The van der Waals surface area contributed by atoms with Crippen LogP contribution >= 0.6 is 0 Å². The van der Waals surface area contributed by atoms with Gasteiger partial charge in [-0.05, 0) is 63.6 Å². The van der Waals surface area contributed by atoms with Crippen molar-refractivity contribution in [2.24, 2.45) is 5.92 Å². The molecule has 0 radical (unpaired) electrons. The molecule has 0 aliphatic carbocycles. The fourth-order valence-corrected chi connectivity index (χ4v) is 5.44. The van der Waals surface area contributed by atoms with Crippen LogP contribution in [0.2, 0.25) is 0 Å². The van der Waals surface area contributed by atoms with Crippen LogP contribution in [0.4, 0.5) is 10.5 Å². The van der Waals surface area contributed by atoms with Gasteiger partial charge in [0.2, 0.25) is 5.91 Å². The number of anilines is 1. The van der Waals surface area contributed by atoms with Crippen LogP contribution < -0.4 is 4.90 Å². The van der Waals surface area contributed by atoms with Crippen LogP contribution in [0.3, 0.4) is 0 Å². The largest absolute Gasteiger partial charge is 0.450 e. The summed E-state index contributed by atoms with van der Waals surface area (Å²) in [5, 5.41) is 10.0. The van der Waals surface area contributed by atoms with Crippen LogP contribution in [0.15, 0.2) is 24.3 Å². The molecule has 2 atom stereocenters. The number of hydrogen-bond acceptors (Lipinski definition) is 5. The Bertz CT molecular complexity index is 808. The van der Waals surface area contributed by atoms with Gasteiger partial charge in [0.25, 0.3) is 0 Å². The number of amides is 2. The second-order valence-corrected chi connectivity index (χ2v) is 9.37. The van der Waals surface area contributed by atoms with Gasteiger partial charge in [0.1, 0.15) is 0 Å². The van der Waals surface area contributed by atoms with Gasteiger partial charge in [-0.3, -0.25) is 4.79 Å². The molecule has 1 N–H and O–H groups in total. The molecule has 0 bridgehead atoms. The van der Waals surface area contributed by atoms with Crippen LogP contribution in [0.1, 0.15) is 45.1 Å². The average Bonchev–Trinajstić information content (AvgIpc) is 3.02. The van der Waals surface area contributed by atoms with Gasteiger partial charge in [0, 0.05) is 37.9 Å². The molecule has 0 spiro atoms. The lowest BCUT2D eigenvalue weighted by Crippen LogP contribution is -2.53. The standard InChI is InChI=1S/C24H35N3O4/c1-3-31-23(30)26-13-10-18(11-14-26)15-25-12-6-7-19(16-25)27-21-9-5-4-8-20(21)24(2,17-28)22(27)29/h4-5,8-9,18-19,28H,3,6-7,10-17H2,1-2H3/t19-,24+/m1/s1. The Morgan fingerprint density at radius 3 is 2.65 bits per heavy atom. The highest BCUT2D eigenvalue weighted by molar-refractivity contribution is 6.08. The van der Waals surface area contributed by atoms with Gasteiger partial charge in [0.05, 0.1) is 18.6 Å². The van der Waals surface area contributed by atoms with E-state index < -0.39 is 5.41 Å². The quantitative estimate of drug-likeness (QED) is 0.779. The maximum absolute atomic E-state index is 13.4. The average molecular weight is 430 g/mol. The molecule has 0 aromatic heterocycles. The molecule has 4 rings (SSSR count). The fraction of sp³-hybridized carbons (Fsp3) is 0.667. The number of nitrogens with zero attached hydrogens (tertiary/aromatic N) is 3. The Hall–Kier alpha value is -2.12. The Morgan fingerprint density at radius 1 is 1.19 bits per heavy atom. The fourth-order valence-electron chi connectivity index (χ4n) is 5.44. The minimum Gasteiger partial charge on any atom is -0.450 e. The number of aliphatic hydroxyl groups excluding tert-OH is 1. The van der Waals surface area contributed by atoms with E-state index in [-0.39, 0.29) is 24.6 Å². The van der Waals surface area contributed by atoms with Gasteiger partial charge >= 0.3 is 6.09 Å². The molecule has 3 heterocycles. The summed E-state index contributed by atoms with van der Waals surface area (Å²) in [4.78, 5) is 31.6. The molecular weight excluding hydrogens is 394 g/mol. The molecule has 31 heavy (non-hydrogen) atoms. The van der Waals surface area contributed by atoms with E-state index in [4.69, 9.17) is 4.74 Å². The monoisotopic (exact) mass is 429 g/mol. The summed E-state index contributed by atoms with van der Waals surface area (Å²) < 4.78 is 5.12. The van der Waals surface area contributed by atoms with Crippen LogP contribution in [-0.4, -0.2) is 78.9 Å². The van der Waals surface area contributed by atoms with Gasteiger partial charge in [-0.2, -0.15) is 0 Å². The molecule has 2 amide bonds. The van der Waals surface area contributed by atoms with Crippen molar-refractivity contribution in [3.05, 3.63) is 29.8 Å². The number of carbonyl (C=O) groups excluding carboxylic acids is 2. The molecule has 3 aliphatic heterocycles. The topological polar surface area (TPSA) is 73.3 Å². The molecule has 2 saturated heterocycles. The number of ether oxygens (including phenoxy) is 1.